The Hall–Kier alpha value is -1.39. The topological polar surface area (TPSA) is 55.8 Å². The first-order valence-electron chi connectivity index (χ1n) is 6.70. The van der Waals surface area contributed by atoms with Crippen LogP contribution in [0.25, 0.3) is 0 Å². The van der Waals surface area contributed by atoms with E-state index in [-0.39, 0.29) is 30.3 Å². The van der Waals surface area contributed by atoms with Gasteiger partial charge in [-0.1, -0.05) is 24.3 Å². The van der Waals surface area contributed by atoms with Crippen molar-refractivity contribution in [2.45, 2.75) is 44.7 Å². The summed E-state index contributed by atoms with van der Waals surface area (Å²) in [4.78, 5) is 10.9. The van der Waals surface area contributed by atoms with E-state index in [1.54, 1.807) is 0 Å². The summed E-state index contributed by atoms with van der Waals surface area (Å²) in [7, 11) is 0. The van der Waals surface area contributed by atoms with Crippen molar-refractivity contribution in [3.05, 3.63) is 35.4 Å². The van der Waals surface area contributed by atoms with Crippen molar-refractivity contribution in [3.63, 3.8) is 0 Å². The molecule has 19 heavy (non-hydrogen) atoms. The molecule has 0 radical (unpaired) electrons. The molecule has 1 aliphatic heterocycles. The van der Waals surface area contributed by atoms with Crippen LogP contribution < -0.4 is 0 Å². The fraction of sp³-hybridized carbons (Fsp3) is 0.533. The van der Waals surface area contributed by atoms with E-state index in [0.29, 0.717) is 0 Å². The Morgan fingerprint density at radius 1 is 1.11 bits per heavy atom. The predicted molar refractivity (Wildman–Crippen MR) is 68.8 cm³/mol. The molecule has 3 rings (SSSR count). The van der Waals surface area contributed by atoms with E-state index < -0.39 is 5.97 Å². The molecular formula is C15H18O4. The number of benzene rings is 1. The van der Waals surface area contributed by atoms with Crippen LogP contribution in [0.5, 0.6) is 0 Å². The highest BCUT2D eigenvalue weighted by molar-refractivity contribution is 5.75. The summed E-state index contributed by atoms with van der Waals surface area (Å²) in [5.74, 6) is -0.723. The smallest absolute Gasteiger partial charge is 0.307 e. The van der Waals surface area contributed by atoms with Crippen molar-refractivity contribution >= 4 is 5.97 Å². The summed E-state index contributed by atoms with van der Waals surface area (Å²) in [6.07, 6.45) is 0.654. The van der Waals surface area contributed by atoms with Crippen molar-refractivity contribution in [2.75, 3.05) is 0 Å². The number of aliphatic carboxylic acids is 1. The van der Waals surface area contributed by atoms with E-state index in [4.69, 9.17) is 14.6 Å². The molecule has 4 nitrogen and oxygen atoms in total. The van der Waals surface area contributed by atoms with E-state index >= 15 is 0 Å². The third kappa shape index (κ3) is 2.38. The first-order chi connectivity index (χ1) is 9.06. The molecule has 0 aromatic heterocycles. The van der Waals surface area contributed by atoms with Gasteiger partial charge in [0.2, 0.25) is 0 Å². The second kappa shape index (κ2) is 4.62. The lowest BCUT2D eigenvalue weighted by molar-refractivity contribution is -0.138. The first-order valence-corrected chi connectivity index (χ1v) is 6.70. The highest BCUT2D eigenvalue weighted by Gasteiger charge is 2.44. The van der Waals surface area contributed by atoms with Gasteiger partial charge in [0.25, 0.3) is 0 Å². The third-order valence-corrected chi connectivity index (χ3v) is 4.08. The minimum atomic E-state index is -0.695. The van der Waals surface area contributed by atoms with E-state index in [2.05, 4.69) is 0 Å². The average Bonchev–Trinajstić information content (AvgIpc) is 3.12. The number of hydrogen-bond acceptors (Lipinski definition) is 3. The second-order valence-corrected chi connectivity index (χ2v) is 5.47. The molecular weight excluding hydrogens is 244 g/mol. The predicted octanol–water partition coefficient (Wildman–Crippen LogP) is 2.70. The Kier molecular flexibility index (Phi) is 3.07. The van der Waals surface area contributed by atoms with Gasteiger partial charge < -0.3 is 14.6 Å². The molecule has 2 aliphatic rings. The molecule has 1 saturated carbocycles. The Balaban J connectivity index is 1.69. The molecule has 102 valence electrons. The number of ether oxygens (including phenoxy) is 2. The fourth-order valence-corrected chi connectivity index (χ4v) is 2.54. The molecule has 2 fully saturated rings. The maximum absolute atomic E-state index is 10.9. The summed E-state index contributed by atoms with van der Waals surface area (Å²) < 4.78 is 11.4. The van der Waals surface area contributed by atoms with Crippen molar-refractivity contribution in [1.29, 1.82) is 0 Å². The summed E-state index contributed by atoms with van der Waals surface area (Å²) >= 11 is 0. The zero-order valence-electron chi connectivity index (χ0n) is 11.1. The molecule has 1 aromatic carbocycles. The number of carbonyl (C=O) groups is 1. The van der Waals surface area contributed by atoms with Gasteiger partial charge in [-0.3, -0.25) is 4.79 Å². The van der Waals surface area contributed by atoms with Gasteiger partial charge in [0.1, 0.15) is 0 Å². The molecule has 0 amide bonds. The minimum Gasteiger partial charge on any atom is -0.481 e. The Labute approximate surface area is 112 Å². The van der Waals surface area contributed by atoms with E-state index in [0.717, 1.165) is 17.5 Å². The number of carboxylic acid groups (broad SMARTS) is 1. The number of hydrogen-bond donors (Lipinski definition) is 1. The number of carboxylic acids is 1. The zero-order valence-corrected chi connectivity index (χ0v) is 11.1. The van der Waals surface area contributed by atoms with E-state index in [1.165, 1.54) is 0 Å². The van der Waals surface area contributed by atoms with Gasteiger partial charge in [-0.2, -0.15) is 0 Å². The average molecular weight is 262 g/mol. The SMILES string of the molecule is C[C@@H]1OC(c2ccc([C@@H]3C[C@H]3C(=O)O)cc2)O[C@H]1C. The molecule has 4 atom stereocenters. The third-order valence-electron chi connectivity index (χ3n) is 4.08. The summed E-state index contributed by atoms with van der Waals surface area (Å²) in [6, 6.07) is 7.93. The van der Waals surface area contributed by atoms with Crippen molar-refractivity contribution in [1.82, 2.24) is 0 Å². The largest absolute Gasteiger partial charge is 0.481 e. The van der Waals surface area contributed by atoms with E-state index in [1.807, 2.05) is 38.1 Å². The van der Waals surface area contributed by atoms with Crippen LogP contribution in [0.2, 0.25) is 0 Å². The lowest BCUT2D eigenvalue weighted by Crippen LogP contribution is -2.13. The van der Waals surface area contributed by atoms with Crippen molar-refractivity contribution in [2.24, 2.45) is 5.92 Å². The molecule has 1 aliphatic carbocycles. The molecule has 0 unspecified atom stereocenters. The Morgan fingerprint density at radius 3 is 2.11 bits per heavy atom. The first kappa shape index (κ1) is 12.6. The lowest BCUT2D eigenvalue weighted by atomic mass is 10.1. The highest BCUT2D eigenvalue weighted by atomic mass is 16.7. The van der Waals surface area contributed by atoms with E-state index in [9.17, 15) is 4.79 Å². The van der Waals surface area contributed by atoms with Crippen molar-refractivity contribution in [3.8, 4) is 0 Å². The molecule has 1 saturated heterocycles. The zero-order chi connectivity index (χ0) is 13.6. The van der Waals surface area contributed by atoms with Crippen LogP contribution in [-0.2, 0) is 14.3 Å². The van der Waals surface area contributed by atoms with Gasteiger partial charge in [-0.15, -0.1) is 0 Å². The van der Waals surface area contributed by atoms with Crippen LogP contribution >= 0.6 is 0 Å². The van der Waals surface area contributed by atoms with Crippen LogP contribution in [0.3, 0.4) is 0 Å². The standard InChI is InChI=1S/C15H18O4/c1-8-9(2)19-15(18-8)11-5-3-10(4-6-11)12-7-13(12)14(16)17/h3-6,8-9,12-13,15H,7H2,1-2H3,(H,16,17)/t8-,9-,12-,13+/m0/s1. The van der Waals surface area contributed by atoms with Gasteiger partial charge in [-0.25, -0.2) is 0 Å². The molecule has 0 bridgehead atoms. The van der Waals surface area contributed by atoms with Gasteiger partial charge in [-0.05, 0) is 31.7 Å². The monoisotopic (exact) mass is 262 g/mol. The Morgan fingerprint density at radius 2 is 1.63 bits per heavy atom. The normalized spacial score (nSPS) is 34.4. The molecule has 1 heterocycles. The molecule has 1 N–H and O–H groups in total. The maximum Gasteiger partial charge on any atom is 0.307 e. The fourth-order valence-electron chi connectivity index (χ4n) is 2.54. The summed E-state index contributed by atoms with van der Waals surface area (Å²) in [5, 5.41) is 8.93. The van der Waals surface area contributed by atoms with Gasteiger partial charge in [0, 0.05) is 5.56 Å². The highest BCUT2D eigenvalue weighted by Crippen LogP contribution is 2.47. The molecule has 0 spiro atoms. The van der Waals surface area contributed by atoms with Gasteiger partial charge in [0.15, 0.2) is 6.29 Å². The minimum absolute atomic E-state index is 0.101. The summed E-state index contributed by atoms with van der Waals surface area (Å²) in [5.41, 5.74) is 2.09. The van der Waals surface area contributed by atoms with Crippen LogP contribution in [0.15, 0.2) is 24.3 Å². The summed E-state index contributed by atoms with van der Waals surface area (Å²) in [6.45, 7) is 4.00. The van der Waals surface area contributed by atoms with Crippen LogP contribution in [-0.4, -0.2) is 23.3 Å². The quantitative estimate of drug-likeness (QED) is 0.910. The van der Waals surface area contributed by atoms with Gasteiger partial charge in [0.05, 0.1) is 18.1 Å². The van der Waals surface area contributed by atoms with Gasteiger partial charge >= 0.3 is 5.97 Å². The van der Waals surface area contributed by atoms with Crippen molar-refractivity contribution < 1.29 is 19.4 Å². The Bertz CT molecular complexity index is 471. The van der Waals surface area contributed by atoms with Crippen LogP contribution in [0, 0.1) is 5.92 Å². The second-order valence-electron chi connectivity index (χ2n) is 5.47. The van der Waals surface area contributed by atoms with Crippen LogP contribution in [0.4, 0.5) is 0 Å². The lowest BCUT2D eigenvalue weighted by Gasteiger charge is -2.10. The van der Waals surface area contributed by atoms with Crippen LogP contribution in [0.1, 0.15) is 43.6 Å². The molecule has 4 heteroatoms. The number of rotatable bonds is 3. The maximum atomic E-state index is 10.9. The molecule has 1 aromatic rings.